The van der Waals surface area contributed by atoms with E-state index in [0.29, 0.717) is 18.4 Å². The number of benzene rings is 1. The molecule has 1 aromatic carbocycles. The fourth-order valence-corrected chi connectivity index (χ4v) is 3.09. The van der Waals surface area contributed by atoms with E-state index in [4.69, 9.17) is 0 Å². The van der Waals surface area contributed by atoms with Gasteiger partial charge >= 0.3 is 6.03 Å². The number of nitrogens with one attached hydrogen (secondary N) is 2. The average molecular weight is 443 g/mol. The minimum Gasteiger partial charge on any atom is -0.324 e. The number of nitrogens with zero attached hydrogens (tertiary/aromatic N) is 6. The van der Waals surface area contributed by atoms with Gasteiger partial charge in [0.2, 0.25) is 5.95 Å². The molecule has 9 heteroatoms. The molecule has 1 saturated carbocycles. The summed E-state index contributed by atoms with van der Waals surface area (Å²) >= 11 is 0. The topological polar surface area (TPSA) is 108 Å². The number of carbonyl (C=O) groups excluding carboxylic acids is 1. The molecule has 0 unspecified atom stereocenters. The Bertz CT molecular complexity index is 1140. The average Bonchev–Trinajstić information content (AvgIpc) is 3.67. The molecule has 5 rings (SSSR count). The van der Waals surface area contributed by atoms with Crippen LogP contribution < -0.4 is 10.7 Å². The molecule has 3 heterocycles. The number of hydrogen-bond donors (Lipinski definition) is 2. The van der Waals surface area contributed by atoms with Crippen LogP contribution in [0.25, 0.3) is 0 Å². The molecule has 0 radical (unpaired) electrons. The predicted molar refractivity (Wildman–Crippen MR) is 129 cm³/mol. The number of pyridine rings is 1. The second-order valence-electron chi connectivity index (χ2n) is 7.88. The lowest BCUT2D eigenvalue weighted by atomic mass is 10.2. The second-order valence-corrected chi connectivity index (χ2v) is 7.88. The summed E-state index contributed by atoms with van der Waals surface area (Å²) in [6.07, 6.45) is 7.47. The summed E-state index contributed by atoms with van der Waals surface area (Å²) in [7, 11) is 0. The van der Waals surface area contributed by atoms with E-state index in [-0.39, 0.29) is 6.03 Å². The molecule has 9 nitrogen and oxygen atoms in total. The van der Waals surface area contributed by atoms with Crippen LogP contribution in [0.4, 0.5) is 16.4 Å². The van der Waals surface area contributed by atoms with Crippen LogP contribution in [0.15, 0.2) is 71.1 Å². The Balaban J connectivity index is 0.000000157. The van der Waals surface area contributed by atoms with Gasteiger partial charge in [-0.25, -0.2) is 25.2 Å². The predicted octanol–water partition coefficient (Wildman–Crippen LogP) is 4.22. The third kappa shape index (κ3) is 6.67. The first-order chi connectivity index (χ1) is 16.1. The van der Waals surface area contributed by atoms with Gasteiger partial charge in [0.15, 0.2) is 0 Å². The van der Waals surface area contributed by atoms with E-state index in [0.717, 1.165) is 22.7 Å². The smallest absolute Gasteiger partial charge is 0.324 e. The zero-order valence-electron chi connectivity index (χ0n) is 18.6. The number of hydrogen-bond acceptors (Lipinski definition) is 7. The van der Waals surface area contributed by atoms with Crippen LogP contribution in [0, 0.1) is 6.92 Å². The van der Waals surface area contributed by atoms with Gasteiger partial charge in [-0.1, -0.05) is 24.3 Å². The van der Waals surface area contributed by atoms with E-state index in [1.165, 1.54) is 23.5 Å². The van der Waals surface area contributed by atoms with Crippen LogP contribution in [0.5, 0.6) is 0 Å². The van der Waals surface area contributed by atoms with Crippen molar-refractivity contribution in [1.82, 2.24) is 25.4 Å². The molecular weight excluding hydrogens is 416 g/mol. The molecular formula is C24H26N8O. The highest BCUT2D eigenvalue weighted by atomic mass is 16.2. The molecule has 2 N–H and O–H groups in total. The van der Waals surface area contributed by atoms with E-state index in [1.54, 1.807) is 18.6 Å². The molecule has 2 aliphatic rings. The Labute approximate surface area is 192 Å². The Hall–Kier alpha value is -4.14. The Morgan fingerprint density at radius 2 is 1.94 bits per heavy atom. The number of para-hydroxylation sites is 1. The standard InChI is InChI=1S/C14H15N3.C10H11N5O/c1-10-9-13(11-7-8-11)17-14(15-10)16-12-5-3-2-4-6-12;1-8-7-15(10(16)14-13-8)12-6-9-3-2-4-11-5-9/h2-6,9,11H,7-8H2,1H3,(H,15,16,17);2-6H,7H2,1H3,(H,14,16)/b;12-6+. The van der Waals surface area contributed by atoms with Crippen molar-refractivity contribution in [1.29, 1.82) is 0 Å². The lowest BCUT2D eigenvalue weighted by Crippen LogP contribution is -2.42. The summed E-state index contributed by atoms with van der Waals surface area (Å²) < 4.78 is 0. The fraction of sp³-hybridized carbons (Fsp3) is 0.250. The second kappa shape index (κ2) is 10.4. The van der Waals surface area contributed by atoms with Gasteiger partial charge in [0.05, 0.1) is 18.5 Å². The van der Waals surface area contributed by atoms with Crippen LogP contribution in [-0.2, 0) is 0 Å². The lowest BCUT2D eigenvalue weighted by Gasteiger charge is -2.20. The van der Waals surface area contributed by atoms with Gasteiger partial charge < -0.3 is 5.32 Å². The van der Waals surface area contributed by atoms with Gasteiger partial charge in [-0.2, -0.15) is 10.2 Å². The fourth-order valence-electron chi connectivity index (χ4n) is 3.09. The molecule has 3 aromatic rings. The molecule has 33 heavy (non-hydrogen) atoms. The molecule has 0 bridgehead atoms. The Morgan fingerprint density at radius 1 is 1.12 bits per heavy atom. The monoisotopic (exact) mass is 442 g/mol. The molecule has 1 fully saturated rings. The maximum Gasteiger partial charge on any atom is 0.358 e. The van der Waals surface area contributed by atoms with Crippen LogP contribution in [0.3, 0.4) is 0 Å². The summed E-state index contributed by atoms with van der Waals surface area (Å²) in [5, 5.41) is 12.4. The van der Waals surface area contributed by atoms with Gasteiger partial charge in [-0.3, -0.25) is 4.98 Å². The van der Waals surface area contributed by atoms with Crippen molar-refractivity contribution < 1.29 is 4.79 Å². The summed E-state index contributed by atoms with van der Waals surface area (Å²) in [5.74, 6) is 1.37. The number of amides is 2. The third-order valence-electron chi connectivity index (χ3n) is 4.89. The summed E-state index contributed by atoms with van der Waals surface area (Å²) in [4.78, 5) is 24.3. The normalized spacial score (nSPS) is 15.4. The first-order valence-electron chi connectivity index (χ1n) is 10.8. The zero-order chi connectivity index (χ0) is 23.0. The SMILES string of the molecule is CC1=NNC(=O)N(/N=C/c2cccnc2)C1.Cc1cc(C2CC2)nc(Nc2ccccc2)n1. The van der Waals surface area contributed by atoms with E-state index < -0.39 is 0 Å². The van der Waals surface area contributed by atoms with Crippen molar-refractivity contribution in [2.24, 2.45) is 10.2 Å². The van der Waals surface area contributed by atoms with Crippen molar-refractivity contribution in [3.63, 3.8) is 0 Å². The Morgan fingerprint density at radius 3 is 2.67 bits per heavy atom. The quantitative estimate of drug-likeness (QED) is 0.575. The number of anilines is 2. The number of urea groups is 1. The number of carbonyl (C=O) groups is 1. The van der Waals surface area contributed by atoms with E-state index in [1.807, 2.05) is 56.3 Å². The van der Waals surface area contributed by atoms with Crippen LogP contribution in [-0.4, -0.2) is 44.5 Å². The minimum atomic E-state index is -0.328. The van der Waals surface area contributed by atoms with Crippen molar-refractivity contribution >= 4 is 29.6 Å². The number of aromatic nitrogens is 3. The molecule has 1 aliphatic carbocycles. The zero-order valence-corrected chi connectivity index (χ0v) is 18.6. The number of aryl methyl sites for hydroxylation is 1. The third-order valence-corrected chi connectivity index (χ3v) is 4.89. The Kier molecular flexibility index (Phi) is 6.99. The first-order valence-corrected chi connectivity index (χ1v) is 10.8. The number of hydrazone groups is 2. The molecule has 0 spiro atoms. The van der Waals surface area contributed by atoms with Crippen molar-refractivity contribution in [3.05, 3.63) is 77.9 Å². The highest BCUT2D eigenvalue weighted by Gasteiger charge is 2.25. The van der Waals surface area contributed by atoms with E-state index in [9.17, 15) is 4.79 Å². The van der Waals surface area contributed by atoms with Gasteiger partial charge in [0.1, 0.15) is 0 Å². The molecule has 0 saturated heterocycles. The van der Waals surface area contributed by atoms with Crippen LogP contribution >= 0.6 is 0 Å². The summed E-state index contributed by atoms with van der Waals surface area (Å²) in [6.45, 7) is 4.25. The van der Waals surface area contributed by atoms with E-state index in [2.05, 4.69) is 42.0 Å². The highest BCUT2D eigenvalue weighted by Crippen LogP contribution is 2.39. The maximum absolute atomic E-state index is 11.3. The highest BCUT2D eigenvalue weighted by molar-refractivity contribution is 5.92. The van der Waals surface area contributed by atoms with Crippen LogP contribution in [0.1, 0.15) is 42.6 Å². The minimum absolute atomic E-state index is 0.328. The van der Waals surface area contributed by atoms with Gasteiger partial charge in [0.25, 0.3) is 0 Å². The van der Waals surface area contributed by atoms with Gasteiger partial charge in [0, 0.05) is 41.0 Å². The molecule has 2 aromatic heterocycles. The molecule has 0 atom stereocenters. The first kappa shape index (κ1) is 22.1. The summed E-state index contributed by atoms with van der Waals surface area (Å²) in [6, 6.07) is 15.5. The maximum atomic E-state index is 11.3. The van der Waals surface area contributed by atoms with Crippen molar-refractivity contribution in [2.75, 3.05) is 11.9 Å². The molecule has 168 valence electrons. The largest absolute Gasteiger partial charge is 0.358 e. The van der Waals surface area contributed by atoms with Gasteiger partial charge in [-0.15, -0.1) is 0 Å². The lowest BCUT2D eigenvalue weighted by molar-refractivity contribution is 0.204. The summed E-state index contributed by atoms with van der Waals surface area (Å²) in [5.41, 5.74) is 7.25. The van der Waals surface area contributed by atoms with E-state index >= 15 is 0 Å². The molecule has 1 aliphatic heterocycles. The van der Waals surface area contributed by atoms with Crippen LogP contribution in [0.2, 0.25) is 0 Å². The van der Waals surface area contributed by atoms with Crippen molar-refractivity contribution in [3.8, 4) is 0 Å². The molecule has 2 amide bonds. The van der Waals surface area contributed by atoms with Crippen molar-refractivity contribution in [2.45, 2.75) is 32.6 Å². The van der Waals surface area contributed by atoms with Gasteiger partial charge in [-0.05, 0) is 51.0 Å². The number of rotatable bonds is 5.